The molecule has 3 atom stereocenters. The van der Waals surface area contributed by atoms with Crippen LogP contribution in [0.3, 0.4) is 0 Å². The van der Waals surface area contributed by atoms with Gasteiger partial charge >= 0.3 is 0 Å². The van der Waals surface area contributed by atoms with E-state index in [2.05, 4.69) is 15.6 Å². The second-order valence-electron chi connectivity index (χ2n) is 8.57. The van der Waals surface area contributed by atoms with Gasteiger partial charge in [-0.15, -0.1) is 0 Å². The van der Waals surface area contributed by atoms with Gasteiger partial charge in [-0.3, -0.25) is 14.6 Å². The molecule has 1 saturated heterocycles. The number of hydrogen-bond donors (Lipinski definition) is 2. The molecule has 184 valence electrons. The molecule has 0 spiro atoms. The Labute approximate surface area is 200 Å². The van der Waals surface area contributed by atoms with Crippen molar-refractivity contribution in [2.24, 2.45) is 11.8 Å². The van der Waals surface area contributed by atoms with E-state index in [1.807, 2.05) is 19.9 Å². The third kappa shape index (κ3) is 6.38. The Morgan fingerprint density at radius 1 is 1.21 bits per heavy atom. The van der Waals surface area contributed by atoms with Gasteiger partial charge in [0.25, 0.3) is 0 Å². The van der Waals surface area contributed by atoms with Crippen molar-refractivity contribution in [3.05, 3.63) is 60.2 Å². The second-order valence-corrected chi connectivity index (χ2v) is 10.5. The average Bonchev–Trinajstić information content (AvgIpc) is 2.86. The standard InChI is InChI=1S/C24H31FN4O4S/c1-3-17(2)22(24(31)27-15-20-8-4-5-13-26-20)28-23(30)18-7-6-14-29(16-18)34(32,33)21-11-9-19(25)10-12-21/h4-5,8-13,17-18,22H,3,6-7,14-16H2,1-2H3,(H,27,31)(H,28,30)/t17-,18+,22+/m1/s1. The van der Waals surface area contributed by atoms with Crippen LogP contribution in [-0.4, -0.2) is 48.7 Å². The number of carbonyl (C=O) groups excluding carboxylic acids is 2. The summed E-state index contributed by atoms with van der Waals surface area (Å²) in [6.07, 6.45) is 3.35. The summed E-state index contributed by atoms with van der Waals surface area (Å²) >= 11 is 0. The van der Waals surface area contributed by atoms with E-state index in [1.165, 1.54) is 16.4 Å². The van der Waals surface area contributed by atoms with E-state index in [4.69, 9.17) is 0 Å². The van der Waals surface area contributed by atoms with Crippen LogP contribution in [0.1, 0.15) is 38.8 Å². The van der Waals surface area contributed by atoms with Gasteiger partial charge < -0.3 is 10.6 Å². The summed E-state index contributed by atoms with van der Waals surface area (Å²) in [5.41, 5.74) is 0.707. The number of carbonyl (C=O) groups is 2. The van der Waals surface area contributed by atoms with Crippen molar-refractivity contribution in [1.29, 1.82) is 0 Å². The van der Waals surface area contributed by atoms with Gasteiger partial charge in [-0.05, 0) is 55.2 Å². The van der Waals surface area contributed by atoms with E-state index in [1.54, 1.807) is 18.3 Å². The largest absolute Gasteiger partial charge is 0.349 e. The van der Waals surface area contributed by atoms with E-state index in [-0.39, 0.29) is 42.3 Å². The third-order valence-corrected chi connectivity index (χ3v) is 8.05. The first-order chi connectivity index (χ1) is 16.2. The smallest absolute Gasteiger partial charge is 0.243 e. The van der Waals surface area contributed by atoms with Crippen LogP contribution in [0.2, 0.25) is 0 Å². The molecule has 2 aromatic rings. The molecule has 3 rings (SSSR count). The molecule has 0 aliphatic carbocycles. The van der Waals surface area contributed by atoms with E-state index in [0.717, 1.165) is 12.1 Å². The quantitative estimate of drug-likeness (QED) is 0.561. The molecule has 0 bridgehead atoms. The van der Waals surface area contributed by atoms with Gasteiger partial charge in [0.1, 0.15) is 11.9 Å². The number of rotatable bonds is 9. The lowest BCUT2D eigenvalue weighted by molar-refractivity contribution is -0.133. The maximum atomic E-state index is 13.2. The highest BCUT2D eigenvalue weighted by Gasteiger charge is 2.35. The summed E-state index contributed by atoms with van der Waals surface area (Å²) in [5, 5.41) is 5.68. The van der Waals surface area contributed by atoms with Gasteiger partial charge in [0, 0.05) is 19.3 Å². The SMILES string of the molecule is CC[C@@H](C)[C@H](NC(=O)[C@H]1CCCN(S(=O)(=O)c2ccc(F)cc2)C1)C(=O)NCc1ccccn1. The Kier molecular flexibility index (Phi) is 8.73. The first-order valence-electron chi connectivity index (χ1n) is 11.5. The molecule has 2 heterocycles. The molecule has 1 aliphatic rings. The summed E-state index contributed by atoms with van der Waals surface area (Å²) in [6, 6.07) is 9.32. The molecule has 34 heavy (non-hydrogen) atoms. The van der Waals surface area contributed by atoms with E-state index in [9.17, 15) is 22.4 Å². The first kappa shape index (κ1) is 25.8. The zero-order valence-electron chi connectivity index (χ0n) is 19.4. The van der Waals surface area contributed by atoms with Gasteiger partial charge in [0.15, 0.2) is 0 Å². The van der Waals surface area contributed by atoms with Crippen molar-refractivity contribution in [3.63, 3.8) is 0 Å². The molecule has 0 radical (unpaired) electrons. The summed E-state index contributed by atoms with van der Waals surface area (Å²) in [5.74, 6) is -1.88. The molecule has 0 saturated carbocycles. The van der Waals surface area contributed by atoms with Crippen LogP contribution in [0.4, 0.5) is 4.39 Å². The molecule has 10 heteroatoms. The second kappa shape index (κ2) is 11.5. The number of sulfonamides is 1. The Balaban J connectivity index is 1.66. The fraction of sp³-hybridized carbons (Fsp3) is 0.458. The monoisotopic (exact) mass is 490 g/mol. The van der Waals surface area contributed by atoms with Crippen LogP contribution < -0.4 is 10.6 Å². The number of hydrogen-bond acceptors (Lipinski definition) is 5. The minimum Gasteiger partial charge on any atom is -0.349 e. The van der Waals surface area contributed by atoms with Crippen molar-refractivity contribution in [2.75, 3.05) is 13.1 Å². The summed E-state index contributed by atoms with van der Waals surface area (Å²) in [4.78, 5) is 30.1. The lowest BCUT2D eigenvalue weighted by Gasteiger charge is -2.32. The lowest BCUT2D eigenvalue weighted by atomic mass is 9.94. The Morgan fingerprint density at radius 2 is 1.94 bits per heavy atom. The minimum absolute atomic E-state index is 0.00826. The van der Waals surface area contributed by atoms with E-state index in [0.29, 0.717) is 25.0 Å². The van der Waals surface area contributed by atoms with Gasteiger partial charge in [0.05, 0.1) is 23.1 Å². The average molecular weight is 491 g/mol. The number of halogens is 1. The predicted octanol–water partition coefficient (Wildman–Crippen LogP) is 2.47. The molecule has 1 fully saturated rings. The van der Waals surface area contributed by atoms with Crippen molar-refractivity contribution in [2.45, 2.75) is 50.6 Å². The molecule has 8 nitrogen and oxygen atoms in total. The number of nitrogens with one attached hydrogen (secondary N) is 2. The molecule has 2 N–H and O–H groups in total. The summed E-state index contributed by atoms with van der Waals surface area (Å²) in [7, 11) is -3.85. The zero-order valence-corrected chi connectivity index (χ0v) is 20.2. The van der Waals surface area contributed by atoms with Gasteiger partial charge in [0.2, 0.25) is 21.8 Å². The molecular weight excluding hydrogens is 459 g/mol. The maximum absolute atomic E-state index is 13.2. The number of nitrogens with zero attached hydrogens (tertiary/aromatic N) is 2. The minimum atomic E-state index is -3.85. The van der Waals surface area contributed by atoms with Crippen LogP contribution in [0, 0.1) is 17.7 Å². The third-order valence-electron chi connectivity index (χ3n) is 6.17. The highest BCUT2D eigenvalue weighted by atomic mass is 32.2. The highest BCUT2D eigenvalue weighted by molar-refractivity contribution is 7.89. The number of piperidine rings is 1. The number of aromatic nitrogens is 1. The Bertz CT molecular complexity index is 1080. The van der Waals surface area contributed by atoms with Crippen LogP contribution in [0.25, 0.3) is 0 Å². The Hall–Kier alpha value is -2.85. The molecule has 1 aliphatic heterocycles. The lowest BCUT2D eigenvalue weighted by Crippen LogP contribution is -2.53. The first-order valence-corrected chi connectivity index (χ1v) is 12.9. The summed E-state index contributed by atoms with van der Waals surface area (Å²) < 4.78 is 40.4. The number of pyridine rings is 1. The number of benzene rings is 1. The maximum Gasteiger partial charge on any atom is 0.243 e. The van der Waals surface area contributed by atoms with Crippen LogP contribution >= 0.6 is 0 Å². The van der Waals surface area contributed by atoms with Gasteiger partial charge in [-0.2, -0.15) is 4.31 Å². The Morgan fingerprint density at radius 3 is 2.59 bits per heavy atom. The van der Waals surface area contributed by atoms with Crippen molar-refractivity contribution >= 4 is 21.8 Å². The van der Waals surface area contributed by atoms with E-state index < -0.39 is 27.8 Å². The van der Waals surface area contributed by atoms with Crippen LogP contribution in [0.5, 0.6) is 0 Å². The zero-order chi connectivity index (χ0) is 24.7. The molecule has 0 unspecified atom stereocenters. The normalized spacial score (nSPS) is 18.6. The predicted molar refractivity (Wildman–Crippen MR) is 125 cm³/mol. The van der Waals surface area contributed by atoms with E-state index >= 15 is 0 Å². The fourth-order valence-corrected chi connectivity index (χ4v) is 5.42. The van der Waals surface area contributed by atoms with Gasteiger partial charge in [-0.25, -0.2) is 12.8 Å². The van der Waals surface area contributed by atoms with Crippen molar-refractivity contribution in [1.82, 2.24) is 19.9 Å². The molecule has 1 aromatic heterocycles. The topological polar surface area (TPSA) is 108 Å². The van der Waals surface area contributed by atoms with Crippen LogP contribution in [-0.2, 0) is 26.2 Å². The van der Waals surface area contributed by atoms with Crippen molar-refractivity contribution in [3.8, 4) is 0 Å². The molecular formula is C24H31FN4O4S. The molecule has 2 amide bonds. The number of amides is 2. The highest BCUT2D eigenvalue weighted by Crippen LogP contribution is 2.24. The van der Waals surface area contributed by atoms with Crippen molar-refractivity contribution < 1.29 is 22.4 Å². The molecule has 1 aromatic carbocycles. The van der Waals surface area contributed by atoms with Gasteiger partial charge in [-0.1, -0.05) is 26.3 Å². The fourth-order valence-electron chi connectivity index (χ4n) is 3.89. The summed E-state index contributed by atoms with van der Waals surface area (Å²) in [6.45, 7) is 4.36. The van der Waals surface area contributed by atoms with Crippen LogP contribution in [0.15, 0.2) is 53.6 Å².